The van der Waals surface area contributed by atoms with Crippen molar-refractivity contribution in [3.05, 3.63) is 34.6 Å². The van der Waals surface area contributed by atoms with Gasteiger partial charge < -0.3 is 0 Å². The van der Waals surface area contributed by atoms with E-state index in [9.17, 15) is 65.1 Å². The Morgan fingerprint density at radius 2 is 0.815 bits per heavy atom. The minimum Gasteiger partial charge on any atom is -0.221 e. The van der Waals surface area contributed by atoms with Gasteiger partial charge in [-0.15, -0.1) is 0 Å². The maximum absolute atomic E-state index is 13.6. The molecule has 0 radical (unpaired) electrons. The molecule has 4 nitrogen and oxygen atoms in total. The summed E-state index contributed by atoms with van der Waals surface area (Å²) in [5.41, 5.74) is -3.17. The standard InChI is InChI=1S/C10HF11O4S2/c11-2-1(3(12)5(14)6(15)4(2)13)7-26(22,23)9(18,19)8(16,17)10(20,21)27(7,24)25/h7H. The number of benzene rings is 1. The van der Waals surface area contributed by atoms with Gasteiger partial charge in [0.05, 0.1) is 5.56 Å². The summed E-state index contributed by atoms with van der Waals surface area (Å²) in [6.45, 7) is 0. The van der Waals surface area contributed by atoms with Gasteiger partial charge >= 0.3 is 16.4 Å². The molecule has 1 heterocycles. The molecule has 1 fully saturated rings. The van der Waals surface area contributed by atoms with E-state index in [1.165, 1.54) is 0 Å². The maximum atomic E-state index is 13.6. The fourth-order valence-corrected chi connectivity index (χ4v) is 6.77. The molecule has 0 amide bonds. The Kier molecular flexibility index (Phi) is 4.37. The Bertz CT molecular complexity index is 968. The van der Waals surface area contributed by atoms with Gasteiger partial charge in [0.15, 0.2) is 23.3 Å². The Balaban J connectivity index is 3.11. The molecule has 17 heteroatoms. The van der Waals surface area contributed by atoms with Crippen LogP contribution >= 0.6 is 0 Å². The summed E-state index contributed by atoms with van der Waals surface area (Å²) >= 11 is 0. The molecule has 2 rings (SSSR count). The van der Waals surface area contributed by atoms with Crippen LogP contribution < -0.4 is 0 Å². The van der Waals surface area contributed by atoms with Crippen molar-refractivity contribution in [2.75, 3.05) is 0 Å². The van der Waals surface area contributed by atoms with Crippen molar-refractivity contribution in [1.29, 1.82) is 0 Å². The molecule has 0 N–H and O–H groups in total. The summed E-state index contributed by atoms with van der Waals surface area (Å²) in [7, 11) is -15.0. The van der Waals surface area contributed by atoms with Crippen LogP contribution in [0, 0.1) is 29.1 Å². The summed E-state index contributed by atoms with van der Waals surface area (Å²) in [6.07, 6.45) is 0. The van der Waals surface area contributed by atoms with E-state index in [0.717, 1.165) is 0 Å². The fraction of sp³-hybridized carbons (Fsp3) is 0.400. The van der Waals surface area contributed by atoms with Crippen molar-refractivity contribution in [1.82, 2.24) is 0 Å². The summed E-state index contributed by atoms with van der Waals surface area (Å²) in [6, 6.07) is 0. The zero-order valence-electron chi connectivity index (χ0n) is 11.7. The van der Waals surface area contributed by atoms with Crippen LogP contribution in [0.4, 0.5) is 48.3 Å². The van der Waals surface area contributed by atoms with Crippen LogP contribution in [0.2, 0.25) is 0 Å². The predicted octanol–water partition coefficient (Wildman–Crippen LogP) is 3.04. The van der Waals surface area contributed by atoms with Gasteiger partial charge in [-0.05, 0) is 0 Å². The van der Waals surface area contributed by atoms with E-state index < -0.39 is 75.3 Å². The van der Waals surface area contributed by atoms with Gasteiger partial charge in [-0.2, -0.15) is 26.3 Å². The molecule has 1 aromatic rings. The van der Waals surface area contributed by atoms with Crippen molar-refractivity contribution in [3.63, 3.8) is 0 Å². The van der Waals surface area contributed by atoms with Gasteiger partial charge in [0.1, 0.15) is 0 Å². The number of sulfone groups is 2. The molecule has 0 unspecified atom stereocenters. The van der Waals surface area contributed by atoms with Crippen LogP contribution in [0.5, 0.6) is 0 Å². The lowest BCUT2D eigenvalue weighted by atomic mass is 10.2. The molecular weight excluding hydrogens is 457 g/mol. The summed E-state index contributed by atoms with van der Waals surface area (Å²) < 4.78 is 188. The normalized spacial score (nSPS) is 25.3. The second-order valence-electron chi connectivity index (χ2n) is 5.01. The Hall–Kier alpha value is -1.65. The first kappa shape index (κ1) is 21.6. The molecule has 27 heavy (non-hydrogen) atoms. The van der Waals surface area contributed by atoms with Crippen LogP contribution in [-0.4, -0.2) is 33.3 Å². The van der Waals surface area contributed by atoms with Gasteiger partial charge in [-0.25, -0.2) is 38.8 Å². The molecule has 1 aromatic carbocycles. The molecule has 0 bridgehead atoms. The van der Waals surface area contributed by atoms with E-state index in [0.29, 0.717) is 0 Å². The van der Waals surface area contributed by atoms with Crippen LogP contribution in [-0.2, 0) is 19.7 Å². The van der Waals surface area contributed by atoms with Gasteiger partial charge in [0.25, 0.3) is 0 Å². The summed E-state index contributed by atoms with van der Waals surface area (Å²) in [5.74, 6) is -23.1. The lowest BCUT2D eigenvalue weighted by Crippen LogP contribution is -2.67. The summed E-state index contributed by atoms with van der Waals surface area (Å²) in [4.78, 5) is 0. The lowest BCUT2D eigenvalue weighted by molar-refractivity contribution is -0.246. The van der Waals surface area contributed by atoms with Gasteiger partial charge in [0.2, 0.25) is 30.1 Å². The molecule has 0 aromatic heterocycles. The van der Waals surface area contributed by atoms with Crippen LogP contribution in [0.3, 0.4) is 0 Å². The third-order valence-corrected chi connectivity index (χ3v) is 8.55. The molecule has 1 aliphatic heterocycles. The average molecular weight is 458 g/mol. The molecule has 0 saturated carbocycles. The lowest BCUT2D eigenvalue weighted by Gasteiger charge is -2.39. The molecule has 154 valence electrons. The van der Waals surface area contributed by atoms with Gasteiger partial charge in [-0.3, -0.25) is 0 Å². The van der Waals surface area contributed by atoms with Gasteiger partial charge in [0, 0.05) is 0 Å². The monoisotopic (exact) mass is 458 g/mol. The highest BCUT2D eigenvalue weighted by atomic mass is 32.3. The topological polar surface area (TPSA) is 68.3 Å². The molecule has 1 saturated heterocycles. The average Bonchev–Trinajstić information content (AvgIpc) is 2.52. The number of rotatable bonds is 1. The van der Waals surface area contributed by atoms with E-state index in [1.807, 2.05) is 0 Å². The van der Waals surface area contributed by atoms with E-state index in [1.54, 1.807) is 0 Å². The van der Waals surface area contributed by atoms with Crippen molar-refractivity contribution < 1.29 is 65.1 Å². The Morgan fingerprint density at radius 3 is 1.11 bits per heavy atom. The number of alkyl halides is 6. The van der Waals surface area contributed by atoms with Crippen molar-refractivity contribution >= 4 is 19.7 Å². The van der Waals surface area contributed by atoms with Crippen molar-refractivity contribution in [2.45, 2.75) is 21.0 Å². The van der Waals surface area contributed by atoms with Crippen LogP contribution in [0.25, 0.3) is 0 Å². The third kappa shape index (κ3) is 2.20. The van der Waals surface area contributed by atoms with Crippen molar-refractivity contribution in [2.24, 2.45) is 0 Å². The minimum atomic E-state index is -7.52. The molecule has 0 atom stereocenters. The first-order valence-corrected chi connectivity index (χ1v) is 9.01. The highest BCUT2D eigenvalue weighted by Crippen LogP contribution is 2.61. The van der Waals surface area contributed by atoms with Crippen molar-refractivity contribution in [3.8, 4) is 0 Å². The second kappa shape index (κ2) is 5.45. The molecule has 0 aliphatic carbocycles. The number of hydrogen-bond acceptors (Lipinski definition) is 4. The fourth-order valence-electron chi connectivity index (χ4n) is 2.10. The second-order valence-corrected chi connectivity index (χ2v) is 9.46. The van der Waals surface area contributed by atoms with E-state index in [-0.39, 0.29) is 0 Å². The predicted molar refractivity (Wildman–Crippen MR) is 61.7 cm³/mol. The van der Waals surface area contributed by atoms with Crippen LogP contribution in [0.1, 0.15) is 10.1 Å². The maximum Gasteiger partial charge on any atom is 0.416 e. The van der Waals surface area contributed by atoms with Gasteiger partial charge in [-0.1, -0.05) is 0 Å². The zero-order valence-corrected chi connectivity index (χ0v) is 13.3. The summed E-state index contributed by atoms with van der Waals surface area (Å²) in [5, 5.41) is -13.9. The van der Waals surface area contributed by atoms with E-state index in [2.05, 4.69) is 0 Å². The Morgan fingerprint density at radius 1 is 0.556 bits per heavy atom. The highest BCUT2D eigenvalue weighted by Gasteiger charge is 2.89. The first-order valence-electron chi connectivity index (χ1n) is 5.91. The quantitative estimate of drug-likeness (QED) is 0.369. The first-order chi connectivity index (χ1) is 11.8. The van der Waals surface area contributed by atoms with E-state index in [4.69, 9.17) is 0 Å². The number of halogens is 11. The highest BCUT2D eigenvalue weighted by molar-refractivity contribution is 8.10. The van der Waals surface area contributed by atoms with E-state index >= 15 is 0 Å². The Labute approximate surface area is 141 Å². The van der Waals surface area contributed by atoms with Crippen LogP contribution in [0.15, 0.2) is 0 Å². The molecular formula is C10HF11O4S2. The molecule has 1 aliphatic rings. The molecule has 0 spiro atoms. The smallest absolute Gasteiger partial charge is 0.221 e. The largest absolute Gasteiger partial charge is 0.416 e. The SMILES string of the molecule is O=S1(=O)C(c2c(F)c(F)c(F)c(F)c2F)S(=O)(=O)C(F)(F)C(F)(F)C1(F)F. The third-order valence-electron chi connectivity index (χ3n) is 3.49. The zero-order chi connectivity index (χ0) is 21.5. The minimum absolute atomic E-state index is 3.02. The number of hydrogen-bond donors (Lipinski definition) is 0.